The van der Waals surface area contributed by atoms with Crippen LogP contribution in [-0.2, 0) is 14.8 Å². The molecule has 0 radical (unpaired) electrons. The average molecular weight is 358 g/mol. The van der Waals surface area contributed by atoms with Gasteiger partial charge in [-0.05, 0) is 43.5 Å². The second-order valence-electron chi connectivity index (χ2n) is 5.96. The van der Waals surface area contributed by atoms with E-state index in [1.165, 1.54) is 19.1 Å². The van der Waals surface area contributed by atoms with Crippen molar-refractivity contribution < 1.29 is 17.6 Å². The number of sulfonamides is 1. The lowest BCUT2D eigenvalue weighted by molar-refractivity contribution is -0.122. The van der Waals surface area contributed by atoms with E-state index in [0.29, 0.717) is 12.5 Å². The Morgan fingerprint density at radius 2 is 1.83 bits per heavy atom. The molecule has 0 aliphatic carbocycles. The molecule has 0 fully saturated rings. The molecule has 0 spiro atoms. The molecular weight excluding hydrogens is 331 g/mol. The summed E-state index contributed by atoms with van der Waals surface area (Å²) in [4.78, 5) is 12.0. The summed E-state index contributed by atoms with van der Waals surface area (Å²) < 4.78 is 39.6. The minimum absolute atomic E-state index is 0.0714. The number of nitrogens with one attached hydrogen (secondary N) is 2. The molecule has 136 valence electrons. The van der Waals surface area contributed by atoms with Crippen LogP contribution >= 0.6 is 0 Å². The Morgan fingerprint density at radius 3 is 2.38 bits per heavy atom. The third-order valence-corrected chi connectivity index (χ3v) is 5.51. The fourth-order valence-electron chi connectivity index (χ4n) is 2.31. The number of hydrogen-bond acceptors (Lipinski definition) is 3. The van der Waals surface area contributed by atoms with Gasteiger partial charge in [-0.15, -0.1) is 0 Å². The van der Waals surface area contributed by atoms with Gasteiger partial charge in [0, 0.05) is 6.54 Å². The Labute approximate surface area is 144 Å². The zero-order valence-electron chi connectivity index (χ0n) is 14.5. The zero-order chi connectivity index (χ0) is 18.2. The number of carbonyl (C=O) groups is 1. The number of amides is 1. The second-order valence-corrected chi connectivity index (χ2v) is 7.67. The summed E-state index contributed by atoms with van der Waals surface area (Å²) in [5.74, 6) is -0.483. The number of hydrogen-bond donors (Lipinski definition) is 2. The number of rotatable bonds is 10. The Morgan fingerprint density at radius 1 is 1.21 bits per heavy atom. The average Bonchev–Trinajstić information content (AvgIpc) is 2.54. The molecule has 1 amide bonds. The third kappa shape index (κ3) is 6.57. The van der Waals surface area contributed by atoms with Gasteiger partial charge in [-0.3, -0.25) is 4.79 Å². The Bertz CT molecular complexity index is 617. The van der Waals surface area contributed by atoms with Gasteiger partial charge in [0.05, 0.1) is 10.9 Å². The molecule has 7 heteroatoms. The van der Waals surface area contributed by atoms with Crippen molar-refractivity contribution in [3.8, 4) is 0 Å². The first-order valence-electron chi connectivity index (χ1n) is 8.35. The maximum Gasteiger partial charge on any atom is 0.241 e. The molecule has 1 aromatic carbocycles. The molecule has 1 aromatic rings. The normalized spacial score (nSPS) is 14.2. The lowest BCUT2D eigenvalue weighted by Gasteiger charge is -2.18. The summed E-state index contributed by atoms with van der Waals surface area (Å²) in [6, 6.07) is 3.57. The van der Waals surface area contributed by atoms with Crippen molar-refractivity contribution in [2.24, 2.45) is 5.92 Å². The maximum absolute atomic E-state index is 12.9. The van der Waals surface area contributed by atoms with Crippen LogP contribution in [0.5, 0.6) is 0 Å². The van der Waals surface area contributed by atoms with Crippen molar-refractivity contribution in [1.29, 1.82) is 0 Å². The molecule has 24 heavy (non-hydrogen) atoms. The van der Waals surface area contributed by atoms with E-state index < -0.39 is 21.9 Å². The van der Waals surface area contributed by atoms with E-state index in [1.807, 2.05) is 0 Å². The van der Waals surface area contributed by atoms with E-state index in [4.69, 9.17) is 0 Å². The number of carbonyl (C=O) groups excluding carboxylic acids is 1. The lowest BCUT2D eigenvalue weighted by Crippen LogP contribution is -2.45. The van der Waals surface area contributed by atoms with Crippen molar-refractivity contribution in [1.82, 2.24) is 10.0 Å². The summed E-state index contributed by atoms with van der Waals surface area (Å²) in [5.41, 5.74) is 0. The summed E-state index contributed by atoms with van der Waals surface area (Å²) in [6.45, 7) is 6.23. The van der Waals surface area contributed by atoms with Gasteiger partial charge >= 0.3 is 0 Å². The molecule has 2 N–H and O–H groups in total. The minimum Gasteiger partial charge on any atom is -0.354 e. The van der Waals surface area contributed by atoms with Crippen LogP contribution in [0.4, 0.5) is 4.39 Å². The van der Waals surface area contributed by atoms with Gasteiger partial charge in [-0.2, -0.15) is 4.72 Å². The van der Waals surface area contributed by atoms with Gasteiger partial charge in [0.2, 0.25) is 15.9 Å². The molecule has 0 aliphatic rings. The number of benzene rings is 1. The van der Waals surface area contributed by atoms with Gasteiger partial charge in [-0.25, -0.2) is 12.8 Å². The summed E-state index contributed by atoms with van der Waals surface area (Å²) >= 11 is 0. The van der Waals surface area contributed by atoms with E-state index in [0.717, 1.165) is 37.8 Å². The molecule has 0 aromatic heterocycles. The Kier molecular flexibility index (Phi) is 8.35. The monoisotopic (exact) mass is 358 g/mol. The van der Waals surface area contributed by atoms with Gasteiger partial charge in [0.1, 0.15) is 5.82 Å². The highest BCUT2D eigenvalue weighted by Crippen LogP contribution is 2.12. The maximum atomic E-state index is 12.9. The highest BCUT2D eigenvalue weighted by Gasteiger charge is 2.22. The van der Waals surface area contributed by atoms with Gasteiger partial charge in [0.15, 0.2) is 0 Å². The van der Waals surface area contributed by atoms with Crippen LogP contribution in [0.2, 0.25) is 0 Å². The predicted octanol–water partition coefficient (Wildman–Crippen LogP) is 2.83. The molecule has 0 heterocycles. The standard InChI is InChI=1S/C17H27FN2O3S/c1-4-6-7-14(5-2)12-19-17(21)13(3)20-24(22,23)16-10-8-15(18)9-11-16/h8-11,13-14,20H,4-7,12H2,1-3H3,(H,19,21). The first-order valence-corrected chi connectivity index (χ1v) is 9.84. The highest BCUT2D eigenvalue weighted by atomic mass is 32.2. The Balaban J connectivity index is 2.58. The molecule has 0 bridgehead atoms. The molecular formula is C17H27FN2O3S. The quantitative estimate of drug-likeness (QED) is 0.675. The second kappa shape index (κ2) is 9.74. The summed E-state index contributed by atoms with van der Waals surface area (Å²) in [5, 5.41) is 2.80. The third-order valence-electron chi connectivity index (χ3n) is 3.96. The van der Waals surface area contributed by atoms with Crippen molar-refractivity contribution >= 4 is 15.9 Å². The molecule has 2 unspecified atom stereocenters. The summed E-state index contributed by atoms with van der Waals surface area (Å²) in [6.07, 6.45) is 4.23. The van der Waals surface area contributed by atoms with Crippen LogP contribution in [0.15, 0.2) is 29.2 Å². The van der Waals surface area contributed by atoms with Crippen molar-refractivity contribution in [2.45, 2.75) is 57.4 Å². The van der Waals surface area contributed by atoms with Gasteiger partial charge < -0.3 is 5.32 Å². The van der Waals surface area contributed by atoms with Crippen LogP contribution in [0.1, 0.15) is 46.5 Å². The van der Waals surface area contributed by atoms with E-state index in [9.17, 15) is 17.6 Å². The van der Waals surface area contributed by atoms with Crippen LogP contribution in [0, 0.1) is 11.7 Å². The molecule has 0 saturated carbocycles. The smallest absolute Gasteiger partial charge is 0.241 e. The molecule has 5 nitrogen and oxygen atoms in total. The first kappa shape index (κ1) is 20.6. The van der Waals surface area contributed by atoms with E-state index in [1.54, 1.807) is 0 Å². The highest BCUT2D eigenvalue weighted by molar-refractivity contribution is 7.89. The molecule has 0 saturated heterocycles. The molecule has 2 atom stereocenters. The molecule has 1 rings (SSSR count). The topological polar surface area (TPSA) is 75.3 Å². The Hall–Kier alpha value is -1.47. The van der Waals surface area contributed by atoms with Crippen molar-refractivity contribution in [2.75, 3.05) is 6.54 Å². The summed E-state index contributed by atoms with van der Waals surface area (Å²) in [7, 11) is -3.86. The fourth-order valence-corrected chi connectivity index (χ4v) is 3.51. The van der Waals surface area contributed by atoms with Gasteiger partial charge in [-0.1, -0.05) is 33.1 Å². The van der Waals surface area contributed by atoms with Crippen molar-refractivity contribution in [3.63, 3.8) is 0 Å². The van der Waals surface area contributed by atoms with Crippen LogP contribution in [0.3, 0.4) is 0 Å². The van der Waals surface area contributed by atoms with Crippen LogP contribution < -0.4 is 10.0 Å². The van der Waals surface area contributed by atoms with E-state index in [-0.39, 0.29) is 10.8 Å². The number of unbranched alkanes of at least 4 members (excludes halogenated alkanes) is 1. The fraction of sp³-hybridized carbons (Fsp3) is 0.588. The van der Waals surface area contributed by atoms with Gasteiger partial charge in [0.25, 0.3) is 0 Å². The minimum atomic E-state index is -3.86. The number of halogens is 1. The largest absolute Gasteiger partial charge is 0.354 e. The van der Waals surface area contributed by atoms with E-state index >= 15 is 0 Å². The molecule has 0 aliphatic heterocycles. The SMILES string of the molecule is CCCCC(CC)CNC(=O)C(C)NS(=O)(=O)c1ccc(F)cc1. The predicted molar refractivity (Wildman–Crippen MR) is 92.5 cm³/mol. The zero-order valence-corrected chi connectivity index (χ0v) is 15.3. The first-order chi connectivity index (χ1) is 11.3. The van der Waals surface area contributed by atoms with Crippen molar-refractivity contribution in [3.05, 3.63) is 30.1 Å². The van der Waals surface area contributed by atoms with E-state index in [2.05, 4.69) is 23.9 Å². The van der Waals surface area contributed by atoms with Crippen LogP contribution in [0.25, 0.3) is 0 Å². The van der Waals surface area contributed by atoms with Crippen LogP contribution in [-0.4, -0.2) is 26.9 Å². The lowest BCUT2D eigenvalue weighted by atomic mass is 9.99.